The van der Waals surface area contributed by atoms with Gasteiger partial charge in [0.2, 0.25) is 0 Å². The minimum atomic E-state index is -5.46. The van der Waals surface area contributed by atoms with E-state index in [0.717, 1.165) is 6.07 Å². The molecule has 2 aromatic rings. The van der Waals surface area contributed by atoms with Crippen LogP contribution in [-0.4, -0.2) is 48.8 Å². The smallest absolute Gasteiger partial charge is 0.366 e. The van der Waals surface area contributed by atoms with Gasteiger partial charge in [-0.15, -0.1) is 0 Å². The summed E-state index contributed by atoms with van der Waals surface area (Å²) in [5.74, 6) is 1.06. The molecule has 1 unspecified atom stereocenters. The molecule has 3 rings (SSSR count). The van der Waals surface area contributed by atoms with Crippen LogP contribution in [0.5, 0.6) is 0 Å². The van der Waals surface area contributed by atoms with Gasteiger partial charge in [0.05, 0.1) is 23.7 Å². The second-order valence-electron chi connectivity index (χ2n) is 5.72. The molecule has 1 aromatic heterocycles. The lowest BCUT2D eigenvalue weighted by molar-refractivity contribution is -0.0435. The van der Waals surface area contributed by atoms with Gasteiger partial charge in [0.1, 0.15) is 11.9 Å². The van der Waals surface area contributed by atoms with Gasteiger partial charge in [-0.05, 0) is 12.1 Å². The summed E-state index contributed by atoms with van der Waals surface area (Å²) in [4.78, 5) is 5.06. The predicted octanol–water partition coefficient (Wildman–Crippen LogP) is 2.24. The first-order chi connectivity index (χ1) is 12.2. The summed E-state index contributed by atoms with van der Waals surface area (Å²) in [6, 6.07) is 5.08. The average Bonchev–Trinajstić information content (AvgIpc) is 3.10. The minimum absolute atomic E-state index is 0.00984. The first kappa shape index (κ1) is 18.6. The molecular weight excluding hydrogens is 373 g/mol. The number of morpholine rings is 1. The van der Waals surface area contributed by atoms with Crippen LogP contribution in [-0.2, 0) is 21.0 Å². The third-order valence-electron chi connectivity index (χ3n) is 4.04. The number of ether oxygens (including phenoxy) is 1. The van der Waals surface area contributed by atoms with Crippen LogP contribution in [0, 0.1) is 0 Å². The quantitative estimate of drug-likeness (QED) is 0.862. The Hall–Kier alpha value is -2.14. The van der Waals surface area contributed by atoms with E-state index in [-0.39, 0.29) is 25.4 Å². The molecule has 11 heteroatoms. The number of anilines is 1. The molecular formula is C15H17F3N4O3S. The van der Waals surface area contributed by atoms with E-state index in [1.54, 1.807) is 4.90 Å². The highest BCUT2D eigenvalue weighted by molar-refractivity contribution is 7.92. The van der Waals surface area contributed by atoms with Crippen molar-refractivity contribution in [2.24, 2.45) is 0 Å². The second kappa shape index (κ2) is 6.88. The maximum Gasteiger partial charge on any atom is 0.501 e. The number of hydrogen-bond donors (Lipinski definition) is 1. The van der Waals surface area contributed by atoms with E-state index in [0.29, 0.717) is 18.1 Å². The molecule has 1 atom stereocenters. The molecule has 1 aliphatic rings. The molecule has 1 aromatic carbocycles. The maximum atomic E-state index is 13.0. The number of aryl methyl sites for hydroxylation is 1. The summed E-state index contributed by atoms with van der Waals surface area (Å²) < 4.78 is 68.4. The number of benzene rings is 1. The fourth-order valence-corrected chi connectivity index (χ4v) is 3.69. The number of nitrogens with zero attached hydrogens (tertiary/aromatic N) is 3. The minimum Gasteiger partial charge on any atom is -0.366 e. The fourth-order valence-electron chi connectivity index (χ4n) is 2.71. The Bertz CT molecular complexity index is 882. The van der Waals surface area contributed by atoms with Gasteiger partial charge in [0.25, 0.3) is 9.84 Å². The van der Waals surface area contributed by atoms with Gasteiger partial charge in [-0.25, -0.2) is 13.4 Å². The van der Waals surface area contributed by atoms with Crippen LogP contribution in [0.25, 0.3) is 0 Å². The topological polar surface area (TPSA) is 88.2 Å². The van der Waals surface area contributed by atoms with Crippen molar-refractivity contribution in [3.8, 4) is 0 Å². The van der Waals surface area contributed by atoms with Gasteiger partial charge in [-0.2, -0.15) is 18.3 Å². The van der Waals surface area contributed by atoms with E-state index in [2.05, 4.69) is 15.2 Å². The second-order valence-corrected chi connectivity index (χ2v) is 7.63. The van der Waals surface area contributed by atoms with Crippen LogP contribution in [0.15, 0.2) is 29.2 Å². The van der Waals surface area contributed by atoms with Crippen LogP contribution >= 0.6 is 0 Å². The summed E-state index contributed by atoms with van der Waals surface area (Å²) in [6.45, 7) is 2.51. The zero-order valence-corrected chi connectivity index (χ0v) is 14.6. The van der Waals surface area contributed by atoms with E-state index >= 15 is 0 Å². The Morgan fingerprint density at radius 3 is 2.73 bits per heavy atom. The average molecular weight is 390 g/mol. The predicted molar refractivity (Wildman–Crippen MR) is 86.3 cm³/mol. The Morgan fingerprint density at radius 1 is 1.35 bits per heavy atom. The van der Waals surface area contributed by atoms with Gasteiger partial charge in [0.15, 0.2) is 5.82 Å². The van der Waals surface area contributed by atoms with Gasteiger partial charge in [0, 0.05) is 13.0 Å². The lowest BCUT2D eigenvalue weighted by Crippen LogP contribution is -2.40. The Morgan fingerprint density at radius 2 is 2.08 bits per heavy atom. The zero-order chi connectivity index (χ0) is 18.9. The van der Waals surface area contributed by atoms with Gasteiger partial charge >= 0.3 is 5.51 Å². The molecule has 1 aliphatic heterocycles. The number of sulfone groups is 1. The number of para-hydroxylation sites is 1. The highest BCUT2D eigenvalue weighted by atomic mass is 32.2. The maximum absolute atomic E-state index is 13.0. The van der Waals surface area contributed by atoms with Crippen LogP contribution in [0.4, 0.5) is 18.9 Å². The van der Waals surface area contributed by atoms with Crippen molar-refractivity contribution in [1.29, 1.82) is 0 Å². The molecule has 0 aliphatic carbocycles. The van der Waals surface area contributed by atoms with Gasteiger partial charge in [-0.3, -0.25) is 5.10 Å². The summed E-state index contributed by atoms with van der Waals surface area (Å²) in [6.07, 6.45) is 0.0813. The molecule has 26 heavy (non-hydrogen) atoms. The number of aromatic amines is 1. The van der Waals surface area contributed by atoms with Crippen LogP contribution in [0.3, 0.4) is 0 Å². The van der Waals surface area contributed by atoms with Crippen LogP contribution < -0.4 is 4.90 Å². The standard InChI is InChI=1S/C15H17F3N4O3S/c1-2-13-19-14(21-20-13)11-9-22(7-8-25-11)10-5-3-4-6-12(10)26(23,24)15(16,17)18/h3-6,11H,2,7-9H2,1H3,(H,19,20,21). The molecule has 1 saturated heterocycles. The lowest BCUT2D eigenvalue weighted by atomic mass is 10.2. The summed E-state index contributed by atoms with van der Waals surface area (Å²) in [5.41, 5.74) is -5.38. The first-order valence-corrected chi connectivity index (χ1v) is 9.40. The summed E-state index contributed by atoms with van der Waals surface area (Å²) in [7, 11) is -5.46. The largest absolute Gasteiger partial charge is 0.501 e. The first-order valence-electron chi connectivity index (χ1n) is 7.92. The van der Waals surface area contributed by atoms with E-state index in [1.807, 2.05) is 6.92 Å². The van der Waals surface area contributed by atoms with Gasteiger partial charge < -0.3 is 9.64 Å². The number of nitrogens with one attached hydrogen (secondary N) is 1. The molecule has 0 saturated carbocycles. The monoisotopic (exact) mass is 390 g/mol. The molecule has 0 spiro atoms. The Balaban J connectivity index is 1.92. The number of rotatable bonds is 4. The Labute approximate surface area is 148 Å². The fraction of sp³-hybridized carbons (Fsp3) is 0.467. The molecule has 0 bridgehead atoms. The van der Waals surface area contributed by atoms with Crippen molar-refractivity contribution in [3.05, 3.63) is 35.9 Å². The third kappa shape index (κ3) is 3.40. The summed E-state index contributed by atoms with van der Waals surface area (Å²) >= 11 is 0. The number of halogens is 3. The molecule has 1 N–H and O–H groups in total. The number of alkyl halides is 3. The summed E-state index contributed by atoms with van der Waals surface area (Å²) in [5, 5.41) is 6.82. The highest BCUT2D eigenvalue weighted by Crippen LogP contribution is 2.37. The molecule has 0 radical (unpaired) electrons. The van der Waals surface area contributed by atoms with Crippen molar-refractivity contribution in [1.82, 2.24) is 15.2 Å². The van der Waals surface area contributed by atoms with Gasteiger partial charge in [-0.1, -0.05) is 19.1 Å². The van der Waals surface area contributed by atoms with Crippen molar-refractivity contribution in [2.75, 3.05) is 24.6 Å². The Kier molecular flexibility index (Phi) is 4.93. The molecule has 1 fully saturated rings. The molecule has 142 valence electrons. The lowest BCUT2D eigenvalue weighted by Gasteiger charge is -2.34. The van der Waals surface area contributed by atoms with Crippen molar-refractivity contribution >= 4 is 15.5 Å². The van der Waals surface area contributed by atoms with E-state index in [9.17, 15) is 21.6 Å². The molecule has 2 heterocycles. The third-order valence-corrected chi connectivity index (χ3v) is 5.57. The van der Waals surface area contributed by atoms with E-state index in [1.165, 1.54) is 18.2 Å². The van der Waals surface area contributed by atoms with Crippen molar-refractivity contribution < 1.29 is 26.3 Å². The van der Waals surface area contributed by atoms with E-state index in [4.69, 9.17) is 4.74 Å². The number of hydrogen-bond acceptors (Lipinski definition) is 6. The van der Waals surface area contributed by atoms with E-state index < -0.39 is 26.3 Å². The SMILES string of the molecule is CCc1nc(C2CN(c3ccccc3S(=O)(=O)C(F)(F)F)CCO2)n[nH]1. The van der Waals surface area contributed by atoms with Crippen LogP contribution in [0.1, 0.15) is 24.7 Å². The normalized spacial score (nSPS) is 18.9. The number of H-pyrrole nitrogens is 1. The number of aromatic nitrogens is 3. The molecule has 0 amide bonds. The van der Waals surface area contributed by atoms with Crippen molar-refractivity contribution in [2.45, 2.75) is 29.9 Å². The van der Waals surface area contributed by atoms with Crippen molar-refractivity contribution in [3.63, 3.8) is 0 Å². The zero-order valence-electron chi connectivity index (χ0n) is 13.8. The highest BCUT2D eigenvalue weighted by Gasteiger charge is 2.48. The molecule has 7 nitrogen and oxygen atoms in total. The van der Waals surface area contributed by atoms with Crippen LogP contribution in [0.2, 0.25) is 0 Å².